The number of hydrogen-bond donors (Lipinski definition) is 0. The molecule has 102 valence electrons. The van der Waals surface area contributed by atoms with Gasteiger partial charge in [-0.05, 0) is 5.56 Å². The molecule has 3 heterocycles. The summed E-state index contributed by atoms with van der Waals surface area (Å²) >= 11 is 0. The highest BCUT2D eigenvalue weighted by Crippen LogP contribution is 2.26. The number of aryl methyl sites for hydroxylation is 1. The number of hydrogen-bond acceptors (Lipinski definition) is 5. The summed E-state index contributed by atoms with van der Waals surface area (Å²) in [5.41, 5.74) is 1.01. The van der Waals surface area contributed by atoms with Crippen molar-refractivity contribution in [3.05, 3.63) is 46.5 Å². The molecule has 8 heteroatoms. The molecule has 2 aromatic heterocycles. The number of nitro groups is 1. The van der Waals surface area contributed by atoms with Gasteiger partial charge in [-0.2, -0.15) is 10.1 Å². The van der Waals surface area contributed by atoms with E-state index in [-0.39, 0.29) is 4.92 Å². The van der Waals surface area contributed by atoms with E-state index in [4.69, 9.17) is 0 Å². The summed E-state index contributed by atoms with van der Waals surface area (Å²) in [6.45, 7) is 0. The molecule has 0 saturated carbocycles. The van der Waals surface area contributed by atoms with Crippen LogP contribution in [-0.2, 0) is 13.5 Å². The van der Waals surface area contributed by atoms with E-state index in [9.17, 15) is 10.1 Å². The van der Waals surface area contributed by atoms with Crippen LogP contribution in [0.2, 0.25) is 0 Å². The van der Waals surface area contributed by atoms with E-state index in [1.54, 1.807) is 0 Å². The average Bonchev–Trinajstić information content (AvgIpc) is 2.90. The molecular formula is C12H13N6O2+. The standard InChI is InChI=1S/C12H13N6O2/c1-16-4-2-9(3-5-16)6-10-11(18(19)20)7-13-12-14-8-15-17(10)12/h2-5,7-8,10-11H,6H2,1H3/q+1. The van der Waals surface area contributed by atoms with Crippen LogP contribution in [0.1, 0.15) is 11.6 Å². The zero-order valence-corrected chi connectivity index (χ0v) is 10.8. The van der Waals surface area contributed by atoms with E-state index in [0.29, 0.717) is 12.4 Å². The fraction of sp³-hybridized carbons (Fsp3) is 0.333. The van der Waals surface area contributed by atoms with Crippen LogP contribution in [0.25, 0.3) is 0 Å². The Labute approximate surface area is 114 Å². The van der Waals surface area contributed by atoms with Gasteiger partial charge in [-0.3, -0.25) is 10.1 Å². The molecule has 0 spiro atoms. The van der Waals surface area contributed by atoms with E-state index < -0.39 is 12.1 Å². The second kappa shape index (κ2) is 4.80. The highest BCUT2D eigenvalue weighted by molar-refractivity contribution is 5.68. The van der Waals surface area contributed by atoms with Crippen molar-refractivity contribution in [1.29, 1.82) is 0 Å². The topological polar surface area (TPSA) is 90.1 Å². The summed E-state index contributed by atoms with van der Waals surface area (Å²) in [5, 5.41) is 15.3. The lowest BCUT2D eigenvalue weighted by Gasteiger charge is -2.21. The molecule has 2 atom stereocenters. The van der Waals surface area contributed by atoms with Gasteiger partial charge < -0.3 is 0 Å². The molecule has 0 N–H and O–H groups in total. The molecule has 0 fully saturated rings. The first-order valence-corrected chi connectivity index (χ1v) is 6.16. The van der Waals surface area contributed by atoms with Gasteiger partial charge in [0, 0.05) is 23.5 Å². The monoisotopic (exact) mass is 273 g/mol. The minimum absolute atomic E-state index is 0.332. The summed E-state index contributed by atoms with van der Waals surface area (Å²) in [6.07, 6.45) is 7.05. The molecule has 0 saturated heterocycles. The number of aliphatic imine (C=N–C) groups is 1. The second-order valence-corrected chi connectivity index (χ2v) is 4.70. The molecule has 0 amide bonds. The number of fused-ring (bicyclic) bond motifs is 1. The zero-order chi connectivity index (χ0) is 14.1. The predicted molar refractivity (Wildman–Crippen MR) is 69.3 cm³/mol. The van der Waals surface area contributed by atoms with Crippen molar-refractivity contribution in [2.75, 3.05) is 0 Å². The smallest absolute Gasteiger partial charge is 0.264 e. The predicted octanol–water partition coefficient (Wildman–Crippen LogP) is 0.248. The van der Waals surface area contributed by atoms with Crippen molar-refractivity contribution in [2.45, 2.75) is 18.5 Å². The largest absolute Gasteiger partial charge is 0.270 e. The molecule has 2 unspecified atom stereocenters. The summed E-state index contributed by atoms with van der Waals surface area (Å²) in [6, 6.07) is 2.59. The van der Waals surface area contributed by atoms with Crippen molar-refractivity contribution in [2.24, 2.45) is 12.0 Å². The Bertz CT molecular complexity index is 663. The Hall–Kier alpha value is -2.64. The van der Waals surface area contributed by atoms with E-state index >= 15 is 0 Å². The van der Waals surface area contributed by atoms with Crippen LogP contribution in [0.15, 0.2) is 35.8 Å². The van der Waals surface area contributed by atoms with Gasteiger partial charge in [0.2, 0.25) is 5.95 Å². The van der Waals surface area contributed by atoms with Crippen molar-refractivity contribution in [3.63, 3.8) is 0 Å². The van der Waals surface area contributed by atoms with Crippen molar-refractivity contribution in [1.82, 2.24) is 14.8 Å². The first-order valence-electron chi connectivity index (χ1n) is 6.16. The summed E-state index contributed by atoms with van der Waals surface area (Å²) < 4.78 is 3.44. The van der Waals surface area contributed by atoms with Gasteiger partial charge in [0.05, 0.1) is 6.21 Å². The molecular weight excluding hydrogens is 260 g/mol. The van der Waals surface area contributed by atoms with Crippen LogP contribution >= 0.6 is 0 Å². The third kappa shape index (κ3) is 2.15. The molecule has 1 aliphatic rings. The Morgan fingerprint density at radius 2 is 2.20 bits per heavy atom. The Morgan fingerprint density at radius 1 is 1.45 bits per heavy atom. The summed E-state index contributed by atoms with van der Waals surface area (Å²) in [4.78, 5) is 18.8. The first-order chi connectivity index (χ1) is 9.65. The SMILES string of the molecule is C[n+]1ccc(CC2C([N+](=O)[O-])C=Nc3ncnn32)cc1. The minimum atomic E-state index is -0.891. The summed E-state index contributed by atoms with van der Waals surface area (Å²) in [5.74, 6) is 0.412. The molecule has 2 aromatic rings. The normalized spacial score (nSPS) is 20.6. The van der Waals surface area contributed by atoms with Gasteiger partial charge in [-0.25, -0.2) is 14.2 Å². The van der Waals surface area contributed by atoms with E-state index in [1.807, 2.05) is 36.1 Å². The molecule has 1 aliphatic heterocycles. The lowest BCUT2D eigenvalue weighted by molar-refractivity contribution is -0.671. The Kier molecular flexibility index (Phi) is 2.97. The summed E-state index contributed by atoms with van der Waals surface area (Å²) in [7, 11) is 1.92. The third-order valence-corrected chi connectivity index (χ3v) is 3.34. The Morgan fingerprint density at radius 3 is 2.90 bits per heavy atom. The second-order valence-electron chi connectivity index (χ2n) is 4.70. The van der Waals surface area contributed by atoms with Gasteiger partial charge in [0.15, 0.2) is 12.4 Å². The lowest BCUT2D eigenvalue weighted by Crippen LogP contribution is -2.37. The Balaban J connectivity index is 1.94. The van der Waals surface area contributed by atoms with E-state index in [1.165, 1.54) is 17.2 Å². The molecule has 0 bridgehead atoms. The van der Waals surface area contributed by atoms with Gasteiger partial charge in [-0.1, -0.05) is 0 Å². The van der Waals surface area contributed by atoms with Crippen LogP contribution in [0.5, 0.6) is 0 Å². The van der Waals surface area contributed by atoms with E-state index in [2.05, 4.69) is 15.1 Å². The molecule has 0 radical (unpaired) electrons. The van der Waals surface area contributed by atoms with Gasteiger partial charge in [0.25, 0.3) is 6.04 Å². The van der Waals surface area contributed by atoms with Gasteiger partial charge >= 0.3 is 0 Å². The number of aromatic nitrogens is 4. The van der Waals surface area contributed by atoms with Crippen LogP contribution in [0.4, 0.5) is 5.95 Å². The number of rotatable bonds is 3. The first kappa shape index (κ1) is 12.4. The van der Waals surface area contributed by atoms with Crippen LogP contribution in [0.3, 0.4) is 0 Å². The quantitative estimate of drug-likeness (QED) is 0.455. The zero-order valence-electron chi connectivity index (χ0n) is 10.8. The maximum absolute atomic E-state index is 11.2. The molecule has 3 rings (SSSR count). The van der Waals surface area contributed by atoms with Crippen molar-refractivity contribution in [3.8, 4) is 0 Å². The number of nitrogens with zero attached hydrogens (tertiary/aromatic N) is 6. The minimum Gasteiger partial charge on any atom is -0.264 e. The maximum Gasteiger partial charge on any atom is 0.270 e. The average molecular weight is 273 g/mol. The van der Waals surface area contributed by atoms with Crippen LogP contribution < -0.4 is 4.57 Å². The third-order valence-electron chi connectivity index (χ3n) is 3.34. The molecule has 0 aliphatic carbocycles. The fourth-order valence-corrected chi connectivity index (χ4v) is 2.27. The molecule has 8 nitrogen and oxygen atoms in total. The molecule has 20 heavy (non-hydrogen) atoms. The van der Waals surface area contributed by atoms with Crippen LogP contribution in [0, 0.1) is 10.1 Å². The fourth-order valence-electron chi connectivity index (χ4n) is 2.27. The highest BCUT2D eigenvalue weighted by atomic mass is 16.6. The maximum atomic E-state index is 11.2. The van der Waals surface area contributed by atoms with Gasteiger partial charge in [0.1, 0.15) is 19.4 Å². The molecule has 0 aromatic carbocycles. The number of pyridine rings is 1. The van der Waals surface area contributed by atoms with Crippen molar-refractivity contribution >= 4 is 12.2 Å². The van der Waals surface area contributed by atoms with E-state index in [0.717, 1.165) is 5.56 Å². The highest BCUT2D eigenvalue weighted by Gasteiger charge is 2.36. The lowest BCUT2D eigenvalue weighted by atomic mass is 10.0. The van der Waals surface area contributed by atoms with Crippen LogP contribution in [-0.4, -0.2) is 31.9 Å². The van der Waals surface area contributed by atoms with Crippen molar-refractivity contribution < 1.29 is 9.49 Å². The van der Waals surface area contributed by atoms with Gasteiger partial charge in [-0.15, -0.1) is 0 Å².